The van der Waals surface area contributed by atoms with Crippen LogP contribution in [0.25, 0.3) is 0 Å². The third-order valence-corrected chi connectivity index (χ3v) is 3.86. The summed E-state index contributed by atoms with van der Waals surface area (Å²) in [7, 11) is 3.01. The van der Waals surface area contributed by atoms with Gasteiger partial charge >= 0.3 is 5.97 Å². The minimum Gasteiger partial charge on any atom is -0.493 e. The third kappa shape index (κ3) is 6.22. The molecule has 0 aromatic heterocycles. The Morgan fingerprint density at radius 3 is 2.37 bits per heavy atom. The summed E-state index contributed by atoms with van der Waals surface area (Å²) in [5.41, 5.74) is 0.618. The molecule has 0 saturated carbocycles. The Labute approximate surface area is 157 Å². The molecular weight excluding hydrogens is 350 g/mol. The van der Waals surface area contributed by atoms with Crippen molar-refractivity contribution in [2.24, 2.45) is 0 Å². The van der Waals surface area contributed by atoms with Gasteiger partial charge in [-0.1, -0.05) is 24.3 Å². The van der Waals surface area contributed by atoms with Crippen LogP contribution in [0, 0.1) is 0 Å². The molecule has 144 valence electrons. The van der Waals surface area contributed by atoms with Gasteiger partial charge in [0.25, 0.3) is 0 Å². The summed E-state index contributed by atoms with van der Waals surface area (Å²) in [5, 5.41) is 11.9. The van der Waals surface area contributed by atoms with E-state index in [9.17, 15) is 14.7 Å². The van der Waals surface area contributed by atoms with Crippen molar-refractivity contribution in [3.8, 4) is 17.2 Å². The van der Waals surface area contributed by atoms with E-state index < -0.39 is 12.0 Å². The smallest absolute Gasteiger partial charge is 0.305 e. The third-order valence-electron chi connectivity index (χ3n) is 3.86. The summed E-state index contributed by atoms with van der Waals surface area (Å²) >= 11 is 0. The maximum Gasteiger partial charge on any atom is 0.305 e. The summed E-state index contributed by atoms with van der Waals surface area (Å²) in [6.45, 7) is 0.196. The van der Waals surface area contributed by atoms with E-state index in [1.807, 2.05) is 18.2 Å². The van der Waals surface area contributed by atoms with Gasteiger partial charge in [0.15, 0.2) is 11.5 Å². The molecule has 7 heteroatoms. The monoisotopic (exact) mass is 373 g/mol. The average Bonchev–Trinajstić information content (AvgIpc) is 2.67. The van der Waals surface area contributed by atoms with E-state index in [1.54, 1.807) is 30.3 Å². The molecule has 0 radical (unpaired) electrons. The van der Waals surface area contributed by atoms with E-state index >= 15 is 0 Å². The average molecular weight is 373 g/mol. The minimum absolute atomic E-state index is 0.109. The van der Waals surface area contributed by atoms with E-state index in [0.717, 1.165) is 0 Å². The fraction of sp³-hybridized carbons (Fsp3) is 0.300. The highest BCUT2D eigenvalue weighted by Crippen LogP contribution is 2.31. The highest BCUT2D eigenvalue weighted by molar-refractivity contribution is 5.78. The molecular formula is C20H23NO6. The quantitative estimate of drug-likeness (QED) is 0.665. The largest absolute Gasteiger partial charge is 0.493 e. The molecule has 0 aliphatic carbocycles. The molecule has 2 N–H and O–H groups in total. The number of para-hydroxylation sites is 1. The fourth-order valence-electron chi connectivity index (χ4n) is 2.54. The van der Waals surface area contributed by atoms with Crippen LogP contribution in [-0.2, 0) is 9.59 Å². The lowest BCUT2D eigenvalue weighted by Crippen LogP contribution is -2.31. The molecule has 1 atom stereocenters. The molecule has 27 heavy (non-hydrogen) atoms. The lowest BCUT2D eigenvalue weighted by molar-refractivity contribution is -0.137. The molecule has 1 unspecified atom stereocenters. The SMILES string of the molecule is COc1ccc(C(CC(=O)O)NC(=O)CCOc2ccccc2)cc1OC. The molecule has 0 saturated heterocycles. The maximum atomic E-state index is 12.2. The zero-order chi connectivity index (χ0) is 19.6. The van der Waals surface area contributed by atoms with Gasteiger partial charge in [0.1, 0.15) is 5.75 Å². The topological polar surface area (TPSA) is 94.1 Å². The fourth-order valence-corrected chi connectivity index (χ4v) is 2.54. The van der Waals surface area contributed by atoms with E-state index in [-0.39, 0.29) is 25.4 Å². The van der Waals surface area contributed by atoms with Gasteiger partial charge in [0, 0.05) is 0 Å². The lowest BCUT2D eigenvalue weighted by Gasteiger charge is -2.19. The second-order valence-electron chi connectivity index (χ2n) is 5.74. The van der Waals surface area contributed by atoms with Crippen LogP contribution in [0.5, 0.6) is 17.2 Å². The van der Waals surface area contributed by atoms with Crippen LogP contribution in [0.3, 0.4) is 0 Å². The van der Waals surface area contributed by atoms with Gasteiger partial charge in [-0.05, 0) is 29.8 Å². The van der Waals surface area contributed by atoms with Gasteiger partial charge in [0.2, 0.25) is 5.91 Å². The normalized spacial score (nSPS) is 11.3. The molecule has 0 aliphatic heterocycles. The molecule has 2 aromatic carbocycles. The Balaban J connectivity index is 2.01. The second-order valence-corrected chi connectivity index (χ2v) is 5.74. The van der Waals surface area contributed by atoms with Gasteiger partial charge in [-0.15, -0.1) is 0 Å². The van der Waals surface area contributed by atoms with Gasteiger partial charge in [-0.2, -0.15) is 0 Å². The minimum atomic E-state index is -1.02. The van der Waals surface area contributed by atoms with Gasteiger partial charge in [0.05, 0.1) is 39.7 Å². The van der Waals surface area contributed by atoms with Crippen molar-refractivity contribution >= 4 is 11.9 Å². The number of hydrogen-bond donors (Lipinski definition) is 2. The molecule has 0 aliphatic rings. The Hall–Kier alpha value is -3.22. The number of carbonyl (C=O) groups excluding carboxylic acids is 1. The lowest BCUT2D eigenvalue weighted by atomic mass is 10.0. The van der Waals surface area contributed by atoms with Crippen LogP contribution in [0.1, 0.15) is 24.4 Å². The van der Waals surface area contributed by atoms with Crippen molar-refractivity contribution in [2.75, 3.05) is 20.8 Å². The zero-order valence-electron chi connectivity index (χ0n) is 15.3. The summed E-state index contributed by atoms with van der Waals surface area (Å²) in [6.07, 6.45) is -0.140. The predicted octanol–water partition coefficient (Wildman–Crippen LogP) is 2.80. The molecule has 0 spiro atoms. The number of ether oxygens (including phenoxy) is 3. The standard InChI is InChI=1S/C20H23NO6/c1-25-17-9-8-14(12-18(17)26-2)16(13-20(23)24)21-19(22)10-11-27-15-6-4-3-5-7-15/h3-9,12,16H,10-11,13H2,1-2H3,(H,21,22)(H,23,24). The van der Waals surface area contributed by atoms with Crippen molar-refractivity contribution < 1.29 is 28.9 Å². The molecule has 0 bridgehead atoms. The first-order chi connectivity index (χ1) is 13.0. The highest BCUT2D eigenvalue weighted by Gasteiger charge is 2.20. The first-order valence-corrected chi connectivity index (χ1v) is 8.44. The number of carbonyl (C=O) groups is 2. The number of carboxylic acids is 1. The number of hydrogen-bond acceptors (Lipinski definition) is 5. The predicted molar refractivity (Wildman–Crippen MR) is 99.2 cm³/mol. The van der Waals surface area contributed by atoms with Crippen LogP contribution in [0.2, 0.25) is 0 Å². The number of carboxylic acid groups (broad SMARTS) is 1. The number of methoxy groups -OCH3 is 2. The van der Waals surface area contributed by atoms with E-state index in [1.165, 1.54) is 14.2 Å². The van der Waals surface area contributed by atoms with E-state index in [4.69, 9.17) is 14.2 Å². The Bertz CT molecular complexity index is 762. The highest BCUT2D eigenvalue weighted by atomic mass is 16.5. The molecule has 7 nitrogen and oxygen atoms in total. The van der Waals surface area contributed by atoms with Crippen molar-refractivity contribution in [1.29, 1.82) is 0 Å². The van der Waals surface area contributed by atoms with Crippen LogP contribution in [0.15, 0.2) is 48.5 Å². The van der Waals surface area contributed by atoms with Crippen molar-refractivity contribution in [1.82, 2.24) is 5.32 Å². The van der Waals surface area contributed by atoms with Crippen molar-refractivity contribution in [3.05, 3.63) is 54.1 Å². The van der Waals surface area contributed by atoms with Gasteiger partial charge in [-0.25, -0.2) is 0 Å². The summed E-state index contributed by atoms with van der Waals surface area (Å²) < 4.78 is 15.9. The molecule has 2 aromatic rings. The van der Waals surface area contributed by atoms with E-state index in [0.29, 0.717) is 22.8 Å². The molecule has 0 heterocycles. The summed E-state index contributed by atoms with van der Waals surface area (Å²) in [6, 6.07) is 13.5. The number of amides is 1. The maximum absolute atomic E-state index is 12.2. The number of rotatable bonds is 10. The molecule has 0 fully saturated rings. The number of benzene rings is 2. The van der Waals surface area contributed by atoms with Crippen LogP contribution in [0.4, 0.5) is 0 Å². The number of nitrogens with one attached hydrogen (secondary N) is 1. The Morgan fingerprint density at radius 1 is 1.04 bits per heavy atom. The zero-order valence-corrected chi connectivity index (χ0v) is 15.3. The first kappa shape index (κ1) is 20.1. The van der Waals surface area contributed by atoms with Crippen molar-refractivity contribution in [3.63, 3.8) is 0 Å². The first-order valence-electron chi connectivity index (χ1n) is 8.44. The van der Waals surface area contributed by atoms with Gasteiger partial charge < -0.3 is 24.6 Å². The molecule has 1 amide bonds. The Kier molecular flexibility index (Phi) is 7.49. The summed E-state index contributed by atoms with van der Waals surface area (Å²) in [5.74, 6) is 0.347. The molecule has 2 rings (SSSR count). The summed E-state index contributed by atoms with van der Waals surface area (Å²) in [4.78, 5) is 23.4. The number of aliphatic carboxylic acids is 1. The second kappa shape index (κ2) is 10.1. The van der Waals surface area contributed by atoms with E-state index in [2.05, 4.69) is 5.32 Å². The van der Waals surface area contributed by atoms with Crippen LogP contribution >= 0.6 is 0 Å². The Morgan fingerprint density at radius 2 is 1.74 bits per heavy atom. The van der Waals surface area contributed by atoms with Crippen LogP contribution in [-0.4, -0.2) is 37.8 Å². The van der Waals surface area contributed by atoms with Gasteiger partial charge in [-0.3, -0.25) is 9.59 Å². The van der Waals surface area contributed by atoms with Crippen molar-refractivity contribution in [2.45, 2.75) is 18.9 Å². The van der Waals surface area contributed by atoms with Crippen LogP contribution < -0.4 is 19.5 Å².